The van der Waals surface area contributed by atoms with E-state index in [-0.39, 0.29) is 11.5 Å². The van der Waals surface area contributed by atoms with Crippen LogP contribution in [0.3, 0.4) is 0 Å². The number of phenols is 1. The van der Waals surface area contributed by atoms with Crippen molar-refractivity contribution in [3.05, 3.63) is 83.2 Å². The fraction of sp³-hybridized carbons (Fsp3) is 0.0500. The Morgan fingerprint density at radius 1 is 0.958 bits per heavy atom. The molecule has 1 heterocycles. The number of Topliss-reactive ketones (excluding diaryl/α,β-unsaturated/α-hetero) is 1. The normalized spacial score (nSPS) is 14.8. The van der Waals surface area contributed by atoms with Gasteiger partial charge in [-0.05, 0) is 12.1 Å². The molecule has 24 heavy (non-hydrogen) atoms. The molecule has 116 valence electrons. The van der Waals surface area contributed by atoms with Gasteiger partial charge in [-0.1, -0.05) is 42.5 Å². The van der Waals surface area contributed by atoms with Crippen molar-refractivity contribution in [1.82, 2.24) is 9.97 Å². The number of hydrogen-bond acceptors (Lipinski definition) is 4. The molecule has 1 N–H and O–H groups in total. The Hall–Kier alpha value is -3.27. The van der Waals surface area contributed by atoms with Crippen molar-refractivity contribution in [2.45, 2.75) is 6.42 Å². The predicted octanol–water partition coefficient (Wildman–Crippen LogP) is 3.67. The van der Waals surface area contributed by atoms with E-state index in [1.807, 2.05) is 30.3 Å². The first-order valence-corrected chi connectivity index (χ1v) is 7.66. The monoisotopic (exact) mass is 314 g/mol. The van der Waals surface area contributed by atoms with Crippen LogP contribution in [0.4, 0.5) is 0 Å². The Morgan fingerprint density at radius 3 is 2.42 bits per heavy atom. The van der Waals surface area contributed by atoms with Gasteiger partial charge in [-0.25, -0.2) is 9.97 Å². The van der Waals surface area contributed by atoms with Crippen molar-refractivity contribution in [2.75, 3.05) is 0 Å². The van der Waals surface area contributed by atoms with E-state index in [0.717, 1.165) is 11.1 Å². The summed E-state index contributed by atoms with van der Waals surface area (Å²) < 4.78 is 0. The van der Waals surface area contributed by atoms with Crippen molar-refractivity contribution in [1.29, 1.82) is 0 Å². The molecule has 1 aliphatic rings. The number of aromatic hydroxyl groups is 1. The molecule has 0 saturated carbocycles. The Morgan fingerprint density at radius 2 is 1.71 bits per heavy atom. The quantitative estimate of drug-likeness (QED) is 0.733. The number of phenolic OH excluding ortho intramolecular Hbond substituents is 1. The van der Waals surface area contributed by atoms with Crippen LogP contribution in [0.5, 0.6) is 5.75 Å². The highest BCUT2D eigenvalue weighted by atomic mass is 16.3. The lowest BCUT2D eigenvalue weighted by atomic mass is 10.1. The van der Waals surface area contributed by atoms with Gasteiger partial charge in [0, 0.05) is 46.6 Å². The lowest BCUT2D eigenvalue weighted by Crippen LogP contribution is -1.96. The highest BCUT2D eigenvalue weighted by Crippen LogP contribution is 2.33. The first kappa shape index (κ1) is 14.3. The van der Waals surface area contributed by atoms with Crippen LogP contribution in [-0.4, -0.2) is 20.9 Å². The summed E-state index contributed by atoms with van der Waals surface area (Å²) in [5.74, 6) is 0.768. The first-order chi connectivity index (χ1) is 11.7. The van der Waals surface area contributed by atoms with Crippen LogP contribution in [0, 0.1) is 0 Å². The van der Waals surface area contributed by atoms with Gasteiger partial charge in [0.2, 0.25) is 0 Å². The van der Waals surface area contributed by atoms with E-state index < -0.39 is 0 Å². The highest BCUT2D eigenvalue weighted by Gasteiger charge is 2.26. The average molecular weight is 314 g/mol. The lowest BCUT2D eigenvalue weighted by Gasteiger charge is -2.00. The fourth-order valence-corrected chi connectivity index (χ4v) is 2.88. The maximum Gasteiger partial charge on any atom is 0.189 e. The van der Waals surface area contributed by atoms with E-state index in [1.165, 1.54) is 0 Å². The molecule has 2 aromatic carbocycles. The van der Waals surface area contributed by atoms with Gasteiger partial charge in [-0.3, -0.25) is 4.79 Å². The minimum Gasteiger partial charge on any atom is -0.508 e. The molecule has 0 amide bonds. The zero-order valence-corrected chi connectivity index (χ0v) is 12.8. The number of allylic oxidation sites excluding steroid dienone is 1. The molecule has 0 saturated heterocycles. The van der Waals surface area contributed by atoms with Gasteiger partial charge in [0.1, 0.15) is 5.75 Å². The third-order valence-corrected chi connectivity index (χ3v) is 4.10. The van der Waals surface area contributed by atoms with Gasteiger partial charge in [0.15, 0.2) is 11.6 Å². The van der Waals surface area contributed by atoms with E-state index >= 15 is 0 Å². The van der Waals surface area contributed by atoms with Crippen molar-refractivity contribution >= 4 is 11.9 Å². The molecule has 0 fully saturated rings. The summed E-state index contributed by atoms with van der Waals surface area (Å²) in [6.07, 6.45) is 5.63. The predicted molar refractivity (Wildman–Crippen MR) is 91.6 cm³/mol. The Kier molecular flexibility index (Phi) is 3.43. The van der Waals surface area contributed by atoms with Crippen LogP contribution in [0.15, 0.2) is 66.5 Å². The smallest absolute Gasteiger partial charge is 0.189 e. The standard InChI is InChI=1S/C20H14N2O2/c23-18-8-4-7-16-17(18)10-15(19(16)24)9-13-11-21-20(22-12-13)14-5-2-1-3-6-14/h1-9,11-12,23H,10H2. The van der Waals surface area contributed by atoms with Crippen LogP contribution < -0.4 is 0 Å². The second kappa shape index (κ2) is 5.74. The fourth-order valence-electron chi connectivity index (χ4n) is 2.88. The van der Waals surface area contributed by atoms with Crippen LogP contribution in [-0.2, 0) is 6.42 Å². The number of fused-ring (bicyclic) bond motifs is 1. The molecule has 3 aromatic rings. The second-order valence-corrected chi connectivity index (χ2v) is 5.68. The second-order valence-electron chi connectivity index (χ2n) is 5.68. The SMILES string of the molecule is O=C1C(=Cc2cnc(-c3ccccc3)nc2)Cc2c(O)cccc21. The minimum absolute atomic E-state index is 0.0481. The van der Waals surface area contributed by atoms with Crippen LogP contribution in [0.1, 0.15) is 21.5 Å². The summed E-state index contributed by atoms with van der Waals surface area (Å²) in [5.41, 5.74) is 3.62. The average Bonchev–Trinajstić information content (AvgIpc) is 2.94. The molecule has 0 unspecified atom stereocenters. The number of rotatable bonds is 2. The van der Waals surface area contributed by atoms with Gasteiger partial charge in [0.05, 0.1) is 0 Å². The third kappa shape index (κ3) is 2.48. The summed E-state index contributed by atoms with van der Waals surface area (Å²) in [4.78, 5) is 21.2. The molecule has 1 aliphatic carbocycles. The lowest BCUT2D eigenvalue weighted by molar-refractivity contribution is 0.104. The Balaban J connectivity index is 1.63. The minimum atomic E-state index is -0.0481. The van der Waals surface area contributed by atoms with Crippen molar-refractivity contribution in [2.24, 2.45) is 0 Å². The van der Waals surface area contributed by atoms with E-state index in [1.54, 1.807) is 36.7 Å². The molecule has 0 atom stereocenters. The summed E-state index contributed by atoms with van der Waals surface area (Å²) in [6, 6.07) is 14.8. The zero-order valence-electron chi connectivity index (χ0n) is 12.8. The number of carbonyl (C=O) groups is 1. The molecule has 4 nitrogen and oxygen atoms in total. The van der Waals surface area contributed by atoms with E-state index in [4.69, 9.17) is 0 Å². The van der Waals surface area contributed by atoms with Crippen molar-refractivity contribution in [3.63, 3.8) is 0 Å². The van der Waals surface area contributed by atoms with Gasteiger partial charge in [-0.15, -0.1) is 0 Å². The summed E-state index contributed by atoms with van der Waals surface area (Å²) in [5, 5.41) is 9.89. The van der Waals surface area contributed by atoms with Gasteiger partial charge >= 0.3 is 0 Å². The molecular formula is C20H14N2O2. The number of ketones is 1. The topological polar surface area (TPSA) is 63.1 Å². The molecule has 4 rings (SSSR count). The van der Waals surface area contributed by atoms with Gasteiger partial charge in [0.25, 0.3) is 0 Å². The van der Waals surface area contributed by atoms with E-state index in [2.05, 4.69) is 9.97 Å². The maximum atomic E-state index is 12.4. The van der Waals surface area contributed by atoms with E-state index in [9.17, 15) is 9.90 Å². The molecule has 4 heteroatoms. The summed E-state index contributed by atoms with van der Waals surface area (Å²) in [7, 11) is 0. The number of hydrogen-bond donors (Lipinski definition) is 1. The molecular weight excluding hydrogens is 300 g/mol. The molecule has 0 radical (unpaired) electrons. The first-order valence-electron chi connectivity index (χ1n) is 7.66. The largest absolute Gasteiger partial charge is 0.508 e. The summed E-state index contributed by atoms with van der Waals surface area (Å²) >= 11 is 0. The highest BCUT2D eigenvalue weighted by molar-refractivity contribution is 6.16. The molecule has 1 aromatic heterocycles. The number of nitrogens with zero attached hydrogens (tertiary/aromatic N) is 2. The number of aromatic nitrogens is 2. The van der Waals surface area contributed by atoms with Crippen molar-refractivity contribution in [3.8, 4) is 17.1 Å². The van der Waals surface area contributed by atoms with Gasteiger partial charge < -0.3 is 5.11 Å². The Labute approximate surface area is 139 Å². The van der Waals surface area contributed by atoms with Crippen LogP contribution in [0.2, 0.25) is 0 Å². The summed E-state index contributed by atoms with van der Waals surface area (Å²) in [6.45, 7) is 0. The molecule has 0 aliphatic heterocycles. The number of benzene rings is 2. The Bertz CT molecular complexity index is 945. The van der Waals surface area contributed by atoms with Crippen LogP contribution >= 0.6 is 0 Å². The molecule has 0 spiro atoms. The van der Waals surface area contributed by atoms with E-state index in [0.29, 0.717) is 28.9 Å². The molecule has 0 bridgehead atoms. The third-order valence-electron chi connectivity index (χ3n) is 4.10. The number of carbonyl (C=O) groups excluding carboxylic acids is 1. The van der Waals surface area contributed by atoms with Crippen LogP contribution in [0.25, 0.3) is 17.5 Å². The van der Waals surface area contributed by atoms with Gasteiger partial charge in [-0.2, -0.15) is 0 Å². The van der Waals surface area contributed by atoms with Crippen molar-refractivity contribution < 1.29 is 9.90 Å². The maximum absolute atomic E-state index is 12.4. The zero-order chi connectivity index (χ0) is 16.5.